The third-order valence-electron chi connectivity index (χ3n) is 5.53. The number of hydrogen-bond acceptors (Lipinski definition) is 7. The summed E-state index contributed by atoms with van der Waals surface area (Å²) in [6.45, 7) is 2.73. The molecular weight excluding hydrogens is 424 g/mol. The highest BCUT2D eigenvalue weighted by Gasteiger charge is 2.20. The van der Waals surface area contributed by atoms with Crippen molar-refractivity contribution in [3.05, 3.63) is 54.2 Å². The Bertz CT molecular complexity index is 1260. The van der Waals surface area contributed by atoms with Crippen molar-refractivity contribution in [3.63, 3.8) is 0 Å². The van der Waals surface area contributed by atoms with E-state index in [2.05, 4.69) is 35.4 Å². The fourth-order valence-corrected chi connectivity index (χ4v) is 3.81. The van der Waals surface area contributed by atoms with Gasteiger partial charge < -0.3 is 20.3 Å². The van der Waals surface area contributed by atoms with Gasteiger partial charge in [0, 0.05) is 38.4 Å². The number of carbonyl (C=O) groups excluding carboxylic acids is 1. The quantitative estimate of drug-likeness (QED) is 0.351. The average Bonchev–Trinajstić information content (AvgIpc) is 3.46. The second-order valence-corrected chi connectivity index (χ2v) is 7.79. The summed E-state index contributed by atoms with van der Waals surface area (Å²) in [5.74, 6) is 0.641. The zero-order valence-corrected chi connectivity index (χ0v) is 17.7. The lowest BCUT2D eigenvalue weighted by atomic mass is 10.2. The lowest BCUT2D eigenvalue weighted by Gasteiger charge is -2.34. The van der Waals surface area contributed by atoms with Gasteiger partial charge in [-0.3, -0.25) is 19.6 Å². The molecule has 168 valence electrons. The van der Waals surface area contributed by atoms with Crippen molar-refractivity contribution in [2.75, 3.05) is 42.9 Å². The molecular formula is C22H22N8O3. The molecule has 0 bridgehead atoms. The molecule has 0 unspecified atom stereocenters. The number of benzene rings is 1. The number of imidazole rings is 1. The summed E-state index contributed by atoms with van der Waals surface area (Å²) in [5.41, 5.74) is 2.85. The molecule has 1 amide bonds. The zero-order chi connectivity index (χ0) is 22.8. The molecule has 0 atom stereocenters. The number of fused-ring (bicyclic) bond motifs is 1. The van der Waals surface area contributed by atoms with E-state index in [0.29, 0.717) is 49.1 Å². The van der Waals surface area contributed by atoms with Crippen LogP contribution in [0.2, 0.25) is 0 Å². The minimum atomic E-state index is -0.821. The number of H-pyrrole nitrogens is 2. The molecule has 0 radical (unpaired) electrons. The molecule has 4 heterocycles. The van der Waals surface area contributed by atoms with Crippen LogP contribution in [0.5, 0.6) is 0 Å². The first-order chi connectivity index (χ1) is 16.0. The van der Waals surface area contributed by atoms with Gasteiger partial charge in [-0.25, -0.2) is 9.97 Å². The number of nitrogens with zero attached hydrogens (tertiary/aromatic N) is 5. The molecule has 4 N–H and O–H groups in total. The summed E-state index contributed by atoms with van der Waals surface area (Å²) in [6, 6.07) is 12.9. The first-order valence-corrected chi connectivity index (χ1v) is 10.5. The summed E-state index contributed by atoms with van der Waals surface area (Å²) in [7, 11) is 0. The van der Waals surface area contributed by atoms with Gasteiger partial charge in [-0.1, -0.05) is 12.1 Å². The smallest absolute Gasteiger partial charge is 0.317 e. The average molecular weight is 446 g/mol. The van der Waals surface area contributed by atoms with Gasteiger partial charge in [-0.15, -0.1) is 0 Å². The molecule has 5 rings (SSSR count). The summed E-state index contributed by atoms with van der Waals surface area (Å²) in [4.78, 5) is 39.6. The van der Waals surface area contributed by atoms with Gasteiger partial charge in [0.05, 0.1) is 23.1 Å². The van der Waals surface area contributed by atoms with Gasteiger partial charge >= 0.3 is 5.97 Å². The van der Waals surface area contributed by atoms with E-state index >= 15 is 0 Å². The maximum absolute atomic E-state index is 12.6. The Balaban J connectivity index is 1.21. The molecule has 4 aromatic rings. The number of aliphatic carboxylic acids is 1. The number of piperazine rings is 1. The van der Waals surface area contributed by atoms with Gasteiger partial charge in [-0.2, -0.15) is 5.10 Å². The van der Waals surface area contributed by atoms with Crippen molar-refractivity contribution in [2.24, 2.45) is 0 Å². The fraction of sp³-hybridized carbons (Fsp3) is 0.227. The first kappa shape index (κ1) is 20.6. The topological polar surface area (TPSA) is 143 Å². The molecule has 1 fully saturated rings. The maximum Gasteiger partial charge on any atom is 0.317 e. The standard InChI is InChI=1S/C22H22N8O3/c31-20(32)13-29-7-9-30(10-8-29)19-6-5-14(12-23-19)22(33)26-18-11-17(27-28-18)21-24-15-3-1-2-4-16(15)25-21/h1-6,11-12H,7-10,13H2,(H,24,25)(H,31,32)(H2,26,27,28,33). The molecule has 11 nitrogen and oxygen atoms in total. The van der Waals surface area contributed by atoms with Gasteiger partial charge in [0.25, 0.3) is 5.91 Å². The Hall–Kier alpha value is -4.25. The van der Waals surface area contributed by atoms with Crippen LogP contribution in [-0.4, -0.2) is 79.8 Å². The largest absolute Gasteiger partial charge is 0.480 e. The normalized spacial score (nSPS) is 14.5. The van der Waals surface area contributed by atoms with Crippen molar-refractivity contribution in [3.8, 4) is 11.5 Å². The molecule has 3 aromatic heterocycles. The van der Waals surface area contributed by atoms with Crippen molar-refractivity contribution in [1.29, 1.82) is 0 Å². The maximum atomic E-state index is 12.6. The van der Waals surface area contributed by atoms with Crippen molar-refractivity contribution in [2.45, 2.75) is 0 Å². The van der Waals surface area contributed by atoms with Crippen molar-refractivity contribution < 1.29 is 14.7 Å². The molecule has 33 heavy (non-hydrogen) atoms. The van der Waals surface area contributed by atoms with E-state index < -0.39 is 5.97 Å². The number of pyridine rings is 1. The number of carbonyl (C=O) groups is 2. The van der Waals surface area contributed by atoms with Crippen LogP contribution in [0.3, 0.4) is 0 Å². The SMILES string of the molecule is O=C(O)CN1CCN(c2ccc(C(=O)Nc3cc(-c4nc5ccccc5[nH]4)[nH]n3)cn2)CC1. The number of carboxylic acid groups (broad SMARTS) is 1. The monoisotopic (exact) mass is 446 g/mol. The highest BCUT2D eigenvalue weighted by atomic mass is 16.4. The van der Waals surface area contributed by atoms with Crippen molar-refractivity contribution in [1.82, 2.24) is 30.0 Å². The molecule has 1 aromatic carbocycles. The van der Waals surface area contributed by atoms with Gasteiger partial charge in [-0.05, 0) is 24.3 Å². The van der Waals surface area contributed by atoms with E-state index in [1.165, 1.54) is 6.20 Å². The van der Waals surface area contributed by atoms with Gasteiger partial charge in [0.2, 0.25) is 0 Å². The van der Waals surface area contributed by atoms with Crippen LogP contribution < -0.4 is 10.2 Å². The Labute approximate surface area is 188 Å². The van der Waals surface area contributed by atoms with E-state index in [4.69, 9.17) is 5.11 Å². The van der Waals surface area contributed by atoms with E-state index in [-0.39, 0.29) is 12.5 Å². The van der Waals surface area contributed by atoms with E-state index in [1.54, 1.807) is 18.2 Å². The highest BCUT2D eigenvalue weighted by Crippen LogP contribution is 2.21. The van der Waals surface area contributed by atoms with Crippen LogP contribution in [0.15, 0.2) is 48.7 Å². The molecule has 11 heteroatoms. The predicted octanol–water partition coefficient (Wildman–Crippen LogP) is 1.81. The lowest BCUT2D eigenvalue weighted by Crippen LogP contribution is -2.48. The summed E-state index contributed by atoms with van der Waals surface area (Å²) in [6.07, 6.45) is 1.53. The molecule has 0 saturated carbocycles. The second kappa shape index (κ2) is 8.71. The molecule has 1 saturated heterocycles. The van der Waals surface area contributed by atoms with Crippen molar-refractivity contribution >= 4 is 34.5 Å². The number of rotatable bonds is 6. The number of carboxylic acids is 1. The number of aromatic nitrogens is 5. The minimum Gasteiger partial charge on any atom is -0.480 e. The molecule has 1 aliphatic rings. The lowest BCUT2D eigenvalue weighted by molar-refractivity contribution is -0.138. The Morgan fingerprint density at radius 3 is 2.64 bits per heavy atom. The number of nitrogens with one attached hydrogen (secondary N) is 3. The van der Waals surface area contributed by atoms with Crippen LogP contribution in [0, 0.1) is 0 Å². The van der Waals surface area contributed by atoms with Crippen LogP contribution in [0.1, 0.15) is 10.4 Å². The van der Waals surface area contributed by atoms with E-state index in [9.17, 15) is 9.59 Å². The molecule has 0 spiro atoms. The summed E-state index contributed by atoms with van der Waals surface area (Å²) in [5, 5.41) is 18.7. The number of para-hydroxylation sites is 2. The Morgan fingerprint density at radius 1 is 1.09 bits per heavy atom. The fourth-order valence-electron chi connectivity index (χ4n) is 3.81. The summed E-state index contributed by atoms with van der Waals surface area (Å²) < 4.78 is 0. The number of aromatic amines is 2. The predicted molar refractivity (Wildman–Crippen MR) is 122 cm³/mol. The zero-order valence-electron chi connectivity index (χ0n) is 17.7. The van der Waals surface area contributed by atoms with Crippen LogP contribution in [-0.2, 0) is 4.79 Å². The van der Waals surface area contributed by atoms with Gasteiger partial charge in [0.1, 0.15) is 11.5 Å². The van der Waals surface area contributed by atoms with E-state index in [1.807, 2.05) is 29.2 Å². The number of amides is 1. The van der Waals surface area contributed by atoms with Gasteiger partial charge in [0.15, 0.2) is 11.6 Å². The van der Waals surface area contributed by atoms with Crippen LogP contribution in [0.4, 0.5) is 11.6 Å². The molecule has 0 aliphatic carbocycles. The van der Waals surface area contributed by atoms with Crippen LogP contribution in [0.25, 0.3) is 22.6 Å². The summed E-state index contributed by atoms with van der Waals surface area (Å²) >= 11 is 0. The minimum absolute atomic E-state index is 0.0472. The number of anilines is 2. The van der Waals surface area contributed by atoms with Crippen LogP contribution >= 0.6 is 0 Å². The molecule has 1 aliphatic heterocycles. The first-order valence-electron chi connectivity index (χ1n) is 10.5. The second-order valence-electron chi connectivity index (χ2n) is 7.79. The Morgan fingerprint density at radius 2 is 1.91 bits per heavy atom. The highest BCUT2D eigenvalue weighted by molar-refractivity contribution is 6.03. The Kier molecular flexibility index (Phi) is 5.45. The van der Waals surface area contributed by atoms with E-state index in [0.717, 1.165) is 16.9 Å². The third-order valence-corrected chi connectivity index (χ3v) is 5.53. The third kappa shape index (κ3) is 4.53. The number of hydrogen-bond donors (Lipinski definition) is 4.